The molecule has 10 heteroatoms. The van der Waals surface area contributed by atoms with Crippen molar-refractivity contribution >= 4 is 40.4 Å². The number of hydrogen-bond donors (Lipinski definition) is 2. The summed E-state index contributed by atoms with van der Waals surface area (Å²) in [6, 6.07) is 13.9. The summed E-state index contributed by atoms with van der Waals surface area (Å²) in [5.41, 5.74) is 1.11. The molecule has 1 aromatic heterocycles. The predicted molar refractivity (Wildman–Crippen MR) is 113 cm³/mol. The van der Waals surface area contributed by atoms with Gasteiger partial charge in [-0.3, -0.25) is 9.59 Å². The number of halogens is 4. The smallest absolute Gasteiger partial charge is 0.422 e. The average Bonchev–Trinajstić information content (AvgIpc) is 3.27. The zero-order valence-corrected chi connectivity index (χ0v) is 17.4. The highest BCUT2D eigenvalue weighted by atomic mass is 35.5. The van der Waals surface area contributed by atoms with Gasteiger partial charge in [0.25, 0.3) is 11.8 Å². The Morgan fingerprint density at radius 1 is 1.03 bits per heavy atom. The molecule has 0 fully saturated rings. The van der Waals surface area contributed by atoms with Crippen LogP contribution in [0.15, 0.2) is 60.0 Å². The summed E-state index contributed by atoms with van der Waals surface area (Å²) >= 11 is 7.39. The SMILES string of the molecule is O=C(NCc1cccc(OCC(F)(F)F)c1)c1ccc(Cl)c(NC(=O)c2cccs2)c1. The van der Waals surface area contributed by atoms with E-state index in [1.54, 1.807) is 23.6 Å². The van der Waals surface area contributed by atoms with Crippen molar-refractivity contribution in [3.8, 4) is 5.75 Å². The largest absolute Gasteiger partial charge is 0.484 e. The van der Waals surface area contributed by atoms with Crippen LogP contribution in [-0.2, 0) is 6.54 Å². The zero-order chi connectivity index (χ0) is 22.4. The molecular weight excluding hydrogens is 453 g/mol. The lowest BCUT2D eigenvalue weighted by Gasteiger charge is -2.11. The lowest BCUT2D eigenvalue weighted by atomic mass is 10.1. The summed E-state index contributed by atoms with van der Waals surface area (Å²) in [4.78, 5) is 25.2. The molecule has 0 spiro atoms. The third-order valence-electron chi connectivity index (χ3n) is 3.98. The van der Waals surface area contributed by atoms with Gasteiger partial charge >= 0.3 is 6.18 Å². The topological polar surface area (TPSA) is 67.4 Å². The van der Waals surface area contributed by atoms with Crippen molar-refractivity contribution in [2.45, 2.75) is 12.7 Å². The van der Waals surface area contributed by atoms with Crippen LogP contribution >= 0.6 is 22.9 Å². The van der Waals surface area contributed by atoms with Crippen LogP contribution in [0.4, 0.5) is 18.9 Å². The molecule has 3 rings (SSSR count). The summed E-state index contributed by atoms with van der Waals surface area (Å²) in [5, 5.41) is 7.38. The Hall–Kier alpha value is -3.04. The van der Waals surface area contributed by atoms with Gasteiger partial charge < -0.3 is 15.4 Å². The van der Waals surface area contributed by atoms with Crippen molar-refractivity contribution in [1.82, 2.24) is 5.32 Å². The van der Waals surface area contributed by atoms with Gasteiger partial charge in [0.15, 0.2) is 6.61 Å². The Kier molecular flexibility index (Phi) is 7.19. The molecule has 31 heavy (non-hydrogen) atoms. The first-order valence-electron chi connectivity index (χ1n) is 8.92. The van der Waals surface area contributed by atoms with Gasteiger partial charge in [0.1, 0.15) is 5.75 Å². The van der Waals surface area contributed by atoms with Crippen molar-refractivity contribution in [3.63, 3.8) is 0 Å². The van der Waals surface area contributed by atoms with Crippen LogP contribution < -0.4 is 15.4 Å². The number of carbonyl (C=O) groups excluding carboxylic acids is 2. The molecule has 162 valence electrons. The quantitative estimate of drug-likeness (QED) is 0.479. The molecule has 0 radical (unpaired) electrons. The summed E-state index contributed by atoms with van der Waals surface area (Å²) in [6.45, 7) is -1.32. The van der Waals surface area contributed by atoms with E-state index in [4.69, 9.17) is 16.3 Å². The second-order valence-corrected chi connectivity index (χ2v) is 7.71. The number of benzene rings is 2. The molecule has 3 aromatic rings. The lowest BCUT2D eigenvalue weighted by molar-refractivity contribution is -0.153. The summed E-state index contributed by atoms with van der Waals surface area (Å²) in [6.07, 6.45) is -4.44. The van der Waals surface area contributed by atoms with Crippen LogP contribution in [0, 0.1) is 0 Å². The van der Waals surface area contributed by atoms with E-state index in [-0.39, 0.29) is 34.5 Å². The van der Waals surface area contributed by atoms with Gasteiger partial charge in [-0.25, -0.2) is 0 Å². The minimum Gasteiger partial charge on any atom is -0.484 e. The van der Waals surface area contributed by atoms with Crippen molar-refractivity contribution < 1.29 is 27.5 Å². The summed E-state index contributed by atoms with van der Waals surface area (Å²) in [7, 11) is 0. The number of rotatable bonds is 7. The monoisotopic (exact) mass is 468 g/mol. The molecule has 0 unspecified atom stereocenters. The highest BCUT2D eigenvalue weighted by Crippen LogP contribution is 2.25. The van der Waals surface area contributed by atoms with Gasteiger partial charge in [0.05, 0.1) is 15.6 Å². The Labute approximate surface area is 184 Å². The maximum absolute atomic E-state index is 12.5. The van der Waals surface area contributed by atoms with Gasteiger partial charge in [-0.15, -0.1) is 11.3 Å². The van der Waals surface area contributed by atoms with Gasteiger partial charge in [-0.2, -0.15) is 13.2 Å². The van der Waals surface area contributed by atoms with Crippen molar-refractivity contribution in [1.29, 1.82) is 0 Å². The van der Waals surface area contributed by atoms with E-state index in [9.17, 15) is 22.8 Å². The molecule has 0 aliphatic carbocycles. The van der Waals surface area contributed by atoms with E-state index in [0.717, 1.165) is 0 Å². The molecule has 5 nitrogen and oxygen atoms in total. The van der Waals surface area contributed by atoms with Crippen LogP contribution in [0.1, 0.15) is 25.6 Å². The zero-order valence-electron chi connectivity index (χ0n) is 15.8. The second-order valence-electron chi connectivity index (χ2n) is 6.36. The maximum atomic E-state index is 12.5. The average molecular weight is 469 g/mol. The van der Waals surface area contributed by atoms with Crippen LogP contribution in [-0.4, -0.2) is 24.6 Å². The number of thiophene rings is 1. The molecule has 0 saturated heterocycles. The molecule has 1 heterocycles. The van der Waals surface area contributed by atoms with Crippen LogP contribution in [0.25, 0.3) is 0 Å². The number of hydrogen-bond acceptors (Lipinski definition) is 4. The Morgan fingerprint density at radius 3 is 2.55 bits per heavy atom. The van der Waals surface area contributed by atoms with E-state index < -0.39 is 18.7 Å². The molecule has 0 saturated carbocycles. The fourth-order valence-corrected chi connectivity index (χ4v) is 3.33. The molecule has 0 aliphatic rings. The second kappa shape index (κ2) is 9.84. The highest BCUT2D eigenvalue weighted by molar-refractivity contribution is 7.12. The minimum atomic E-state index is -4.44. The Balaban J connectivity index is 1.62. The van der Waals surface area contributed by atoms with Gasteiger partial charge in [-0.05, 0) is 47.3 Å². The van der Waals surface area contributed by atoms with Gasteiger partial charge in [-0.1, -0.05) is 29.8 Å². The first-order chi connectivity index (χ1) is 14.7. The number of alkyl halides is 3. The van der Waals surface area contributed by atoms with E-state index in [0.29, 0.717) is 10.4 Å². The van der Waals surface area contributed by atoms with Crippen LogP contribution in [0.3, 0.4) is 0 Å². The number of anilines is 1. The third-order valence-corrected chi connectivity index (χ3v) is 5.17. The molecule has 0 atom stereocenters. The van der Waals surface area contributed by atoms with Crippen molar-refractivity contribution in [2.24, 2.45) is 0 Å². The van der Waals surface area contributed by atoms with Crippen molar-refractivity contribution in [2.75, 3.05) is 11.9 Å². The van der Waals surface area contributed by atoms with Crippen molar-refractivity contribution in [3.05, 3.63) is 81.0 Å². The van der Waals surface area contributed by atoms with E-state index in [1.807, 2.05) is 0 Å². The Bertz CT molecular complexity index is 1070. The van der Waals surface area contributed by atoms with Crippen LogP contribution in [0.5, 0.6) is 5.75 Å². The highest BCUT2D eigenvalue weighted by Gasteiger charge is 2.28. The first-order valence-corrected chi connectivity index (χ1v) is 10.2. The van der Waals surface area contributed by atoms with Crippen LogP contribution in [0.2, 0.25) is 5.02 Å². The molecular formula is C21H16ClF3N2O3S. The molecule has 0 aliphatic heterocycles. The lowest BCUT2D eigenvalue weighted by Crippen LogP contribution is -2.23. The fraction of sp³-hybridized carbons (Fsp3) is 0.143. The van der Waals surface area contributed by atoms with E-state index in [1.165, 1.54) is 47.7 Å². The molecule has 2 amide bonds. The first kappa shape index (κ1) is 22.6. The molecule has 2 N–H and O–H groups in total. The van der Waals surface area contributed by atoms with Gasteiger partial charge in [0, 0.05) is 12.1 Å². The summed E-state index contributed by atoms with van der Waals surface area (Å²) < 4.78 is 41.6. The third kappa shape index (κ3) is 6.73. The molecule has 0 bridgehead atoms. The number of nitrogens with one attached hydrogen (secondary N) is 2. The fourth-order valence-electron chi connectivity index (χ4n) is 2.55. The predicted octanol–water partition coefficient (Wildman–Crippen LogP) is 5.52. The minimum absolute atomic E-state index is 0.0501. The Morgan fingerprint density at radius 2 is 1.84 bits per heavy atom. The number of ether oxygens (including phenoxy) is 1. The molecule has 2 aromatic carbocycles. The summed E-state index contributed by atoms with van der Waals surface area (Å²) in [5.74, 6) is -0.732. The number of carbonyl (C=O) groups is 2. The number of amides is 2. The standard InChI is InChI=1S/C21H16ClF3N2O3S/c22-16-7-6-14(10-17(16)27-20(29)18-5-2-8-31-18)19(28)26-11-13-3-1-4-15(9-13)30-12-21(23,24)25/h1-10H,11-12H2,(H,26,28)(H,27,29). The normalized spacial score (nSPS) is 11.1. The maximum Gasteiger partial charge on any atom is 0.422 e. The van der Waals surface area contributed by atoms with Gasteiger partial charge in [0.2, 0.25) is 0 Å². The van der Waals surface area contributed by atoms with E-state index >= 15 is 0 Å². The van der Waals surface area contributed by atoms with E-state index in [2.05, 4.69) is 10.6 Å².